The van der Waals surface area contributed by atoms with Crippen LogP contribution in [0.2, 0.25) is 5.02 Å². The molecule has 0 bridgehead atoms. The van der Waals surface area contributed by atoms with Crippen molar-refractivity contribution in [2.45, 2.75) is 57.8 Å². The first-order chi connectivity index (χ1) is 21.1. The molecular weight excluding hydrogens is 554 g/mol. The monoisotopic (exact) mass is 591 g/mol. The lowest BCUT2D eigenvalue weighted by molar-refractivity contribution is 0.209. The largest absolute Gasteiger partial charge is 0.457 e. The summed E-state index contributed by atoms with van der Waals surface area (Å²) in [7, 11) is 0. The highest BCUT2D eigenvalue weighted by molar-refractivity contribution is 6.30. The fourth-order valence-electron chi connectivity index (χ4n) is 6.08. The van der Waals surface area contributed by atoms with Crippen LogP contribution in [0, 0.1) is 11.3 Å². The molecule has 5 aromatic rings. The minimum absolute atomic E-state index is 0.489. The van der Waals surface area contributed by atoms with Crippen LogP contribution in [0.15, 0.2) is 79.1 Å². The minimum Gasteiger partial charge on any atom is -0.457 e. The summed E-state index contributed by atoms with van der Waals surface area (Å²) in [6, 6.07) is 23.8. The van der Waals surface area contributed by atoms with Crippen LogP contribution in [0.5, 0.6) is 11.5 Å². The molecule has 0 radical (unpaired) electrons. The normalized spacial score (nSPS) is 14.3. The van der Waals surface area contributed by atoms with Crippen molar-refractivity contribution in [1.29, 1.82) is 5.26 Å². The Morgan fingerprint density at radius 1 is 0.977 bits per heavy atom. The molecule has 7 heteroatoms. The highest BCUT2D eigenvalue weighted by Gasteiger charge is 2.24. The van der Waals surface area contributed by atoms with Crippen LogP contribution in [-0.4, -0.2) is 39.1 Å². The zero-order valence-electron chi connectivity index (χ0n) is 24.7. The molecule has 1 aliphatic rings. The molecule has 1 saturated heterocycles. The Kier molecular flexibility index (Phi) is 9.12. The third kappa shape index (κ3) is 6.96. The van der Waals surface area contributed by atoms with E-state index in [2.05, 4.69) is 52.0 Å². The maximum absolute atomic E-state index is 9.27. The van der Waals surface area contributed by atoms with Gasteiger partial charge in [0.05, 0.1) is 17.3 Å². The second kappa shape index (κ2) is 13.5. The number of hydrogen-bond donors (Lipinski definition) is 1. The predicted octanol–water partition coefficient (Wildman–Crippen LogP) is 8.83. The van der Waals surface area contributed by atoms with Gasteiger partial charge in [0.2, 0.25) is 0 Å². The molecule has 3 heterocycles. The molecule has 2 aromatic heterocycles. The standard InChI is InChI=1S/C36H38ClN5O/c1-2-3-6-36-40-35(25-42(36)30-10-14-32(15-11-30)43-31-12-8-29(37)9-13-31)27-17-20-41(21-18-27)19-4-5-28-24-39-34-16-7-26(23-38)22-33(28)34/h7-16,22,24-25,27,39H,2-6,17-21H2,1H3. The molecule has 0 unspecified atom stereocenters. The number of nitrogens with one attached hydrogen (secondary N) is 1. The molecule has 0 amide bonds. The Morgan fingerprint density at radius 3 is 2.44 bits per heavy atom. The summed E-state index contributed by atoms with van der Waals surface area (Å²) < 4.78 is 8.29. The van der Waals surface area contributed by atoms with Crippen LogP contribution in [-0.2, 0) is 12.8 Å². The molecular formula is C36H38ClN5O. The second-order valence-corrected chi connectivity index (χ2v) is 11.9. The number of aromatic amines is 1. The molecule has 6 nitrogen and oxygen atoms in total. The zero-order valence-corrected chi connectivity index (χ0v) is 25.5. The van der Waals surface area contributed by atoms with Crippen LogP contribution in [0.4, 0.5) is 0 Å². The summed E-state index contributed by atoms with van der Waals surface area (Å²) in [4.78, 5) is 11.1. The van der Waals surface area contributed by atoms with E-state index >= 15 is 0 Å². The smallest absolute Gasteiger partial charge is 0.127 e. The average molecular weight is 592 g/mol. The third-order valence-electron chi connectivity index (χ3n) is 8.54. The number of aromatic nitrogens is 3. The summed E-state index contributed by atoms with van der Waals surface area (Å²) in [5.41, 5.74) is 5.46. The summed E-state index contributed by atoms with van der Waals surface area (Å²) in [6.45, 7) is 5.53. The molecule has 220 valence electrons. The van der Waals surface area contributed by atoms with Crippen LogP contribution in [0.1, 0.15) is 67.6 Å². The number of benzene rings is 3. The Labute approximate surface area is 258 Å². The maximum Gasteiger partial charge on any atom is 0.127 e. The topological polar surface area (TPSA) is 69.9 Å². The summed E-state index contributed by atoms with van der Waals surface area (Å²) in [6.07, 6.45) is 12.0. The van der Waals surface area contributed by atoms with E-state index in [1.807, 2.05) is 54.6 Å². The van der Waals surface area contributed by atoms with Gasteiger partial charge in [0, 0.05) is 46.3 Å². The van der Waals surface area contributed by atoms with Gasteiger partial charge in [-0.05, 0) is 124 Å². The highest BCUT2D eigenvalue weighted by Crippen LogP contribution is 2.31. The van der Waals surface area contributed by atoms with Gasteiger partial charge in [-0.3, -0.25) is 0 Å². The van der Waals surface area contributed by atoms with E-state index in [1.165, 1.54) is 16.6 Å². The molecule has 0 saturated carbocycles. The van der Waals surface area contributed by atoms with Gasteiger partial charge in [-0.2, -0.15) is 5.26 Å². The summed E-state index contributed by atoms with van der Waals surface area (Å²) in [5.74, 6) is 3.20. The van der Waals surface area contributed by atoms with E-state index in [-0.39, 0.29) is 0 Å². The summed E-state index contributed by atoms with van der Waals surface area (Å²) >= 11 is 6.01. The lowest BCUT2D eigenvalue weighted by atomic mass is 9.94. The van der Waals surface area contributed by atoms with E-state index in [0.717, 1.165) is 98.7 Å². The van der Waals surface area contributed by atoms with Crippen molar-refractivity contribution in [3.63, 3.8) is 0 Å². The van der Waals surface area contributed by atoms with Gasteiger partial charge in [0.1, 0.15) is 17.3 Å². The summed E-state index contributed by atoms with van der Waals surface area (Å²) in [5, 5.41) is 11.1. The molecule has 1 fully saturated rings. The maximum atomic E-state index is 9.27. The van der Waals surface area contributed by atoms with Gasteiger partial charge in [0.15, 0.2) is 0 Å². The van der Waals surface area contributed by atoms with Crippen molar-refractivity contribution in [3.8, 4) is 23.3 Å². The Bertz CT molecular complexity index is 1690. The van der Waals surface area contributed by atoms with Gasteiger partial charge in [0.25, 0.3) is 0 Å². The first-order valence-electron chi connectivity index (χ1n) is 15.4. The Hall–Kier alpha value is -4.05. The van der Waals surface area contributed by atoms with Gasteiger partial charge >= 0.3 is 0 Å². The fraction of sp³-hybridized carbons (Fsp3) is 0.333. The molecule has 6 rings (SSSR count). The third-order valence-corrected chi connectivity index (χ3v) is 8.79. The molecule has 1 N–H and O–H groups in total. The predicted molar refractivity (Wildman–Crippen MR) is 173 cm³/mol. The number of unbranched alkanes of at least 4 members (excludes halogenated alkanes) is 1. The quantitative estimate of drug-likeness (QED) is 0.167. The van der Waals surface area contributed by atoms with E-state index in [1.54, 1.807) is 0 Å². The molecule has 1 aliphatic heterocycles. The molecule has 0 spiro atoms. The molecule has 43 heavy (non-hydrogen) atoms. The average Bonchev–Trinajstić information content (AvgIpc) is 3.66. The van der Waals surface area contributed by atoms with Crippen molar-refractivity contribution in [2.24, 2.45) is 0 Å². The minimum atomic E-state index is 0.489. The lowest BCUT2D eigenvalue weighted by Crippen LogP contribution is -2.34. The number of imidazole rings is 1. The first kappa shape index (κ1) is 29.0. The Morgan fingerprint density at radius 2 is 1.72 bits per heavy atom. The number of ether oxygens (including phenoxy) is 1. The van der Waals surface area contributed by atoms with Gasteiger partial charge in [-0.1, -0.05) is 24.9 Å². The van der Waals surface area contributed by atoms with Crippen LogP contribution in [0.25, 0.3) is 16.6 Å². The van der Waals surface area contributed by atoms with Crippen molar-refractivity contribution in [1.82, 2.24) is 19.4 Å². The zero-order chi connectivity index (χ0) is 29.6. The molecule has 3 aromatic carbocycles. The second-order valence-electron chi connectivity index (χ2n) is 11.5. The molecule has 0 aliphatic carbocycles. The number of piperidine rings is 1. The number of aryl methyl sites for hydroxylation is 2. The number of halogens is 1. The van der Waals surface area contributed by atoms with Crippen molar-refractivity contribution < 1.29 is 4.74 Å². The van der Waals surface area contributed by atoms with Crippen molar-refractivity contribution in [3.05, 3.63) is 107 Å². The van der Waals surface area contributed by atoms with E-state index < -0.39 is 0 Å². The van der Waals surface area contributed by atoms with E-state index in [0.29, 0.717) is 10.9 Å². The number of hydrogen-bond acceptors (Lipinski definition) is 4. The number of nitriles is 1. The first-order valence-corrected chi connectivity index (χ1v) is 15.8. The number of likely N-dealkylation sites (tertiary alicyclic amines) is 1. The van der Waals surface area contributed by atoms with E-state index in [4.69, 9.17) is 21.3 Å². The highest BCUT2D eigenvalue weighted by atomic mass is 35.5. The van der Waals surface area contributed by atoms with E-state index in [9.17, 15) is 5.26 Å². The van der Waals surface area contributed by atoms with Crippen molar-refractivity contribution in [2.75, 3.05) is 19.6 Å². The number of fused-ring (bicyclic) bond motifs is 1. The van der Waals surface area contributed by atoms with Gasteiger partial charge in [-0.15, -0.1) is 0 Å². The number of H-pyrrole nitrogens is 1. The van der Waals surface area contributed by atoms with Crippen LogP contribution in [0.3, 0.4) is 0 Å². The number of nitrogens with zero attached hydrogens (tertiary/aromatic N) is 4. The van der Waals surface area contributed by atoms with Gasteiger partial charge in [-0.25, -0.2) is 4.98 Å². The SMILES string of the molecule is CCCCc1nc(C2CCN(CCCc3c[nH]c4ccc(C#N)cc34)CC2)cn1-c1ccc(Oc2ccc(Cl)cc2)cc1. The van der Waals surface area contributed by atoms with Crippen LogP contribution < -0.4 is 4.74 Å². The fourth-order valence-corrected chi connectivity index (χ4v) is 6.21. The van der Waals surface area contributed by atoms with Crippen LogP contribution >= 0.6 is 11.6 Å². The Balaban J connectivity index is 1.06. The lowest BCUT2D eigenvalue weighted by Gasteiger charge is -2.31. The molecule has 0 atom stereocenters. The number of rotatable bonds is 11. The van der Waals surface area contributed by atoms with Crippen molar-refractivity contribution >= 4 is 22.5 Å². The van der Waals surface area contributed by atoms with Gasteiger partial charge < -0.3 is 19.2 Å².